The highest BCUT2D eigenvalue weighted by Gasteiger charge is 2.47. The van der Waals surface area contributed by atoms with Crippen LogP contribution in [-0.4, -0.2) is 42.7 Å². The molecule has 0 aromatic heterocycles. The molecular formula is C21H29NO3. The van der Waals surface area contributed by atoms with E-state index in [9.17, 15) is 9.90 Å². The zero-order chi connectivity index (χ0) is 17.7. The Bertz CT molecular complexity index is 607. The Morgan fingerprint density at radius 1 is 1.28 bits per heavy atom. The van der Waals surface area contributed by atoms with E-state index in [0.29, 0.717) is 12.2 Å². The van der Waals surface area contributed by atoms with Gasteiger partial charge in [-0.15, -0.1) is 0 Å². The molecule has 0 amide bonds. The Kier molecular flexibility index (Phi) is 5.92. The summed E-state index contributed by atoms with van der Waals surface area (Å²) in [7, 11) is 2.11. The maximum Gasteiger partial charge on any atom is 0.343 e. The molecule has 1 aliphatic heterocycles. The summed E-state index contributed by atoms with van der Waals surface area (Å²) in [4.78, 5) is 15.1. The van der Waals surface area contributed by atoms with Gasteiger partial charge in [-0.05, 0) is 31.9 Å². The topological polar surface area (TPSA) is 49.8 Å². The number of hydrogen-bond acceptors (Lipinski definition) is 4. The molecule has 0 spiro atoms. The summed E-state index contributed by atoms with van der Waals surface area (Å²) in [5.41, 5.74) is 0.485. The predicted molar refractivity (Wildman–Crippen MR) is 98.1 cm³/mol. The number of rotatable bonds is 6. The van der Waals surface area contributed by atoms with Gasteiger partial charge in [-0.2, -0.15) is 0 Å². The fourth-order valence-corrected chi connectivity index (χ4v) is 3.98. The summed E-state index contributed by atoms with van der Waals surface area (Å²) in [5, 5.41) is 11.3. The van der Waals surface area contributed by atoms with Crippen LogP contribution in [0.4, 0.5) is 0 Å². The minimum absolute atomic E-state index is 0.0510. The average Bonchev–Trinajstić information content (AvgIpc) is 3.18. The number of ether oxygens (including phenoxy) is 1. The molecule has 4 heteroatoms. The van der Waals surface area contributed by atoms with E-state index in [1.165, 1.54) is 5.57 Å². The van der Waals surface area contributed by atoms with Crippen LogP contribution in [0.15, 0.2) is 42.0 Å². The van der Waals surface area contributed by atoms with E-state index in [-0.39, 0.29) is 5.92 Å². The van der Waals surface area contributed by atoms with Crippen molar-refractivity contribution in [2.45, 2.75) is 44.1 Å². The molecule has 25 heavy (non-hydrogen) atoms. The summed E-state index contributed by atoms with van der Waals surface area (Å²) >= 11 is 0. The van der Waals surface area contributed by atoms with Gasteiger partial charge in [0.05, 0.1) is 6.61 Å². The molecule has 1 aliphatic carbocycles. The minimum atomic E-state index is -1.51. The van der Waals surface area contributed by atoms with Crippen LogP contribution in [0.2, 0.25) is 0 Å². The third-order valence-electron chi connectivity index (χ3n) is 5.63. The van der Waals surface area contributed by atoms with Gasteiger partial charge in [0.25, 0.3) is 0 Å². The molecule has 1 atom stereocenters. The Hall–Kier alpha value is -1.65. The van der Waals surface area contributed by atoms with Crippen LogP contribution < -0.4 is 0 Å². The van der Waals surface area contributed by atoms with E-state index in [1.54, 1.807) is 0 Å². The molecule has 1 unspecified atom stereocenters. The van der Waals surface area contributed by atoms with E-state index in [1.807, 2.05) is 30.3 Å². The van der Waals surface area contributed by atoms with Crippen molar-refractivity contribution in [1.29, 1.82) is 0 Å². The fraction of sp³-hybridized carbons (Fsp3) is 0.571. The fourth-order valence-electron chi connectivity index (χ4n) is 3.98. The van der Waals surface area contributed by atoms with Crippen LogP contribution in [-0.2, 0) is 15.1 Å². The molecule has 3 rings (SSSR count). The Morgan fingerprint density at radius 3 is 2.64 bits per heavy atom. The second-order valence-corrected chi connectivity index (χ2v) is 7.37. The van der Waals surface area contributed by atoms with Crippen molar-refractivity contribution in [3.63, 3.8) is 0 Å². The van der Waals surface area contributed by atoms with Crippen LogP contribution in [0.3, 0.4) is 0 Å². The Morgan fingerprint density at radius 2 is 2.00 bits per heavy atom. The zero-order valence-electron chi connectivity index (χ0n) is 15.1. The lowest BCUT2D eigenvalue weighted by Crippen LogP contribution is -2.43. The van der Waals surface area contributed by atoms with Crippen molar-refractivity contribution in [3.8, 4) is 0 Å². The highest BCUT2D eigenvalue weighted by molar-refractivity contribution is 5.81. The van der Waals surface area contributed by atoms with Gasteiger partial charge >= 0.3 is 5.97 Å². The number of nitrogens with zero attached hydrogens (tertiary/aromatic N) is 1. The van der Waals surface area contributed by atoms with Crippen LogP contribution in [0, 0.1) is 5.92 Å². The van der Waals surface area contributed by atoms with Gasteiger partial charge in [0, 0.05) is 25.4 Å². The van der Waals surface area contributed by atoms with Gasteiger partial charge in [-0.1, -0.05) is 54.8 Å². The Labute approximate surface area is 150 Å². The van der Waals surface area contributed by atoms with Crippen LogP contribution >= 0.6 is 0 Å². The molecule has 0 saturated heterocycles. The van der Waals surface area contributed by atoms with Crippen molar-refractivity contribution >= 4 is 5.97 Å². The number of carbonyl (C=O) groups excluding carboxylic acids is 1. The lowest BCUT2D eigenvalue weighted by atomic mass is 9.80. The minimum Gasteiger partial charge on any atom is -0.463 e. The molecule has 0 radical (unpaired) electrons. The van der Waals surface area contributed by atoms with Crippen LogP contribution in [0.25, 0.3) is 0 Å². The van der Waals surface area contributed by atoms with Crippen molar-refractivity contribution < 1.29 is 14.6 Å². The second kappa shape index (κ2) is 8.15. The van der Waals surface area contributed by atoms with Gasteiger partial charge < -0.3 is 14.7 Å². The number of benzene rings is 1. The first-order valence-electron chi connectivity index (χ1n) is 9.42. The molecule has 1 saturated carbocycles. The molecule has 136 valence electrons. The summed E-state index contributed by atoms with van der Waals surface area (Å²) in [6.07, 6.45) is 7.88. The van der Waals surface area contributed by atoms with Crippen molar-refractivity contribution in [2.75, 3.05) is 26.7 Å². The van der Waals surface area contributed by atoms with Crippen molar-refractivity contribution in [2.24, 2.45) is 5.92 Å². The second-order valence-electron chi connectivity index (χ2n) is 7.37. The van der Waals surface area contributed by atoms with Gasteiger partial charge in [0.1, 0.15) is 0 Å². The lowest BCUT2D eigenvalue weighted by Gasteiger charge is -2.32. The maximum atomic E-state index is 12.8. The largest absolute Gasteiger partial charge is 0.463 e. The third-order valence-corrected chi connectivity index (χ3v) is 5.63. The summed E-state index contributed by atoms with van der Waals surface area (Å²) < 4.78 is 5.56. The monoisotopic (exact) mass is 343 g/mol. The van der Waals surface area contributed by atoms with E-state index in [4.69, 9.17) is 4.74 Å². The zero-order valence-corrected chi connectivity index (χ0v) is 15.1. The normalized spacial score (nSPS) is 21.6. The molecule has 4 nitrogen and oxygen atoms in total. The van der Waals surface area contributed by atoms with Crippen molar-refractivity contribution in [3.05, 3.63) is 47.5 Å². The molecule has 1 aromatic rings. The van der Waals surface area contributed by atoms with Gasteiger partial charge in [-0.25, -0.2) is 4.79 Å². The van der Waals surface area contributed by atoms with E-state index in [0.717, 1.165) is 51.6 Å². The summed E-state index contributed by atoms with van der Waals surface area (Å²) in [5.74, 6) is -0.538. The molecule has 0 bridgehead atoms. The lowest BCUT2D eigenvalue weighted by molar-refractivity contribution is -0.173. The molecular weight excluding hydrogens is 314 g/mol. The molecule has 2 aliphatic rings. The molecule has 1 aromatic carbocycles. The average molecular weight is 343 g/mol. The van der Waals surface area contributed by atoms with Gasteiger partial charge in [-0.3, -0.25) is 0 Å². The first-order valence-corrected chi connectivity index (χ1v) is 9.42. The number of carbonyl (C=O) groups is 1. The summed E-state index contributed by atoms with van der Waals surface area (Å²) in [6.45, 7) is 2.35. The van der Waals surface area contributed by atoms with Gasteiger partial charge in [0.2, 0.25) is 0 Å². The quantitative estimate of drug-likeness (QED) is 0.636. The predicted octanol–water partition coefficient (Wildman–Crippen LogP) is 3.26. The highest BCUT2D eigenvalue weighted by Crippen LogP contribution is 2.41. The molecule has 1 heterocycles. The Balaban J connectivity index is 1.65. The number of likely N-dealkylation sites (N-methyl/N-ethyl adjacent to an activating group) is 1. The number of hydrogen-bond donors (Lipinski definition) is 1. The van der Waals surface area contributed by atoms with Gasteiger partial charge in [0.15, 0.2) is 5.60 Å². The number of aliphatic hydroxyl groups is 1. The van der Waals surface area contributed by atoms with E-state index in [2.05, 4.69) is 18.0 Å². The number of esters is 1. The first-order chi connectivity index (χ1) is 12.1. The van der Waals surface area contributed by atoms with Crippen molar-refractivity contribution in [1.82, 2.24) is 4.90 Å². The SMILES string of the molecule is CN1CC=C(CCOC(=O)C(O)(c2ccccc2)C2CCCC2)CC1. The third kappa shape index (κ3) is 4.13. The van der Waals surface area contributed by atoms with Crippen LogP contribution in [0.1, 0.15) is 44.1 Å². The molecule has 1 fully saturated rings. The van der Waals surface area contributed by atoms with Crippen LogP contribution in [0.5, 0.6) is 0 Å². The molecule has 1 N–H and O–H groups in total. The maximum absolute atomic E-state index is 12.8. The highest BCUT2D eigenvalue weighted by atomic mass is 16.5. The van der Waals surface area contributed by atoms with E-state index >= 15 is 0 Å². The first kappa shape index (κ1) is 18.2. The standard InChI is InChI=1S/C21H29NO3/c1-22-14-11-17(12-15-22)13-16-25-20(23)21(24,19-9-5-6-10-19)18-7-3-2-4-8-18/h2-4,7-8,11,19,24H,5-6,9-10,12-16H2,1H3. The smallest absolute Gasteiger partial charge is 0.343 e. The van der Waals surface area contributed by atoms with E-state index < -0.39 is 11.6 Å². The summed E-state index contributed by atoms with van der Waals surface area (Å²) in [6, 6.07) is 9.30.